The van der Waals surface area contributed by atoms with Crippen molar-refractivity contribution in [3.63, 3.8) is 0 Å². The normalized spacial score (nSPS) is 10.8. The van der Waals surface area contributed by atoms with E-state index in [0.717, 1.165) is 26.1 Å². The predicted molar refractivity (Wildman–Crippen MR) is 76.7 cm³/mol. The number of hydrogen-bond donors (Lipinski definition) is 1. The van der Waals surface area contributed by atoms with Crippen LogP contribution in [0.15, 0.2) is 42.7 Å². The van der Waals surface area contributed by atoms with Gasteiger partial charge in [-0.3, -0.25) is 0 Å². The van der Waals surface area contributed by atoms with Gasteiger partial charge in [-0.1, -0.05) is 24.3 Å². The molecular weight excluding hydrogens is 220 g/mol. The Morgan fingerprint density at radius 3 is 2.72 bits per heavy atom. The number of hydrogen-bond acceptors (Lipinski definition) is 1. The monoisotopic (exact) mass is 242 g/mol. The first-order valence-electron chi connectivity index (χ1n) is 6.69. The molecule has 2 nitrogen and oxygen atoms in total. The molecule has 0 atom stereocenters. The van der Waals surface area contributed by atoms with Crippen LogP contribution in [0.5, 0.6) is 0 Å². The predicted octanol–water partition coefficient (Wildman–Crippen LogP) is 3.15. The van der Waals surface area contributed by atoms with Gasteiger partial charge in [0.1, 0.15) is 0 Å². The van der Waals surface area contributed by atoms with Gasteiger partial charge in [-0.25, -0.2) is 0 Å². The van der Waals surface area contributed by atoms with E-state index in [-0.39, 0.29) is 0 Å². The number of benzene rings is 1. The molecule has 0 spiro atoms. The summed E-state index contributed by atoms with van der Waals surface area (Å²) in [6, 6.07) is 10.8. The van der Waals surface area contributed by atoms with Crippen molar-refractivity contribution in [2.75, 3.05) is 6.54 Å². The molecule has 0 radical (unpaired) electrons. The Bertz CT molecular complexity index is 485. The van der Waals surface area contributed by atoms with Crippen molar-refractivity contribution in [3.05, 3.63) is 59.4 Å². The van der Waals surface area contributed by atoms with Crippen LogP contribution >= 0.6 is 0 Å². The molecule has 0 aliphatic rings. The van der Waals surface area contributed by atoms with E-state index in [0.29, 0.717) is 0 Å². The second kappa shape index (κ2) is 6.41. The third-order valence-corrected chi connectivity index (χ3v) is 3.34. The Kier molecular flexibility index (Phi) is 4.59. The average Bonchev–Trinajstić information content (AvgIpc) is 2.84. The molecule has 0 aliphatic carbocycles. The van der Waals surface area contributed by atoms with Crippen LogP contribution in [-0.4, -0.2) is 11.1 Å². The van der Waals surface area contributed by atoms with E-state index >= 15 is 0 Å². The summed E-state index contributed by atoms with van der Waals surface area (Å²) in [4.78, 5) is 0. The van der Waals surface area contributed by atoms with Gasteiger partial charge in [-0.15, -0.1) is 0 Å². The maximum absolute atomic E-state index is 3.50. The second-order valence-corrected chi connectivity index (χ2v) is 4.70. The highest BCUT2D eigenvalue weighted by atomic mass is 14.9. The van der Waals surface area contributed by atoms with Crippen LogP contribution in [0.25, 0.3) is 0 Å². The van der Waals surface area contributed by atoms with Gasteiger partial charge in [0.2, 0.25) is 0 Å². The standard InChI is InChI=1S/C16H22N2/c1-3-18-11-9-15(13-18)12-17-10-8-16-7-5-4-6-14(16)2/h4-7,9,11,13,17H,3,8,10,12H2,1-2H3. The summed E-state index contributed by atoms with van der Waals surface area (Å²) in [5.41, 5.74) is 4.19. The van der Waals surface area contributed by atoms with Gasteiger partial charge in [0, 0.05) is 25.5 Å². The third kappa shape index (κ3) is 3.47. The van der Waals surface area contributed by atoms with Crippen molar-refractivity contribution in [2.24, 2.45) is 0 Å². The summed E-state index contributed by atoms with van der Waals surface area (Å²) in [7, 11) is 0. The maximum atomic E-state index is 3.50. The number of rotatable bonds is 6. The van der Waals surface area contributed by atoms with Crippen LogP contribution in [0.2, 0.25) is 0 Å². The van der Waals surface area contributed by atoms with Gasteiger partial charge in [-0.05, 0) is 49.6 Å². The highest BCUT2D eigenvalue weighted by Gasteiger charge is 1.98. The molecular formula is C16H22N2. The first-order valence-corrected chi connectivity index (χ1v) is 6.69. The Labute approximate surface area is 110 Å². The Morgan fingerprint density at radius 2 is 2.00 bits per heavy atom. The molecule has 0 aliphatic heterocycles. The van der Waals surface area contributed by atoms with Gasteiger partial charge < -0.3 is 9.88 Å². The summed E-state index contributed by atoms with van der Waals surface area (Å²) in [5.74, 6) is 0. The van der Waals surface area contributed by atoms with Crippen LogP contribution in [0.1, 0.15) is 23.6 Å². The summed E-state index contributed by atoms with van der Waals surface area (Å²) < 4.78 is 2.21. The Balaban J connectivity index is 1.74. The zero-order valence-electron chi connectivity index (χ0n) is 11.3. The van der Waals surface area contributed by atoms with Crippen molar-refractivity contribution in [1.82, 2.24) is 9.88 Å². The zero-order chi connectivity index (χ0) is 12.8. The lowest BCUT2D eigenvalue weighted by Gasteiger charge is -2.06. The zero-order valence-corrected chi connectivity index (χ0v) is 11.3. The van der Waals surface area contributed by atoms with E-state index in [1.165, 1.54) is 16.7 Å². The molecule has 2 aromatic rings. The van der Waals surface area contributed by atoms with Crippen molar-refractivity contribution in [3.8, 4) is 0 Å². The molecule has 0 fully saturated rings. The molecule has 0 unspecified atom stereocenters. The Morgan fingerprint density at radius 1 is 1.17 bits per heavy atom. The van der Waals surface area contributed by atoms with Crippen LogP contribution < -0.4 is 5.32 Å². The molecule has 0 amide bonds. The third-order valence-electron chi connectivity index (χ3n) is 3.34. The fourth-order valence-corrected chi connectivity index (χ4v) is 2.14. The summed E-state index contributed by atoms with van der Waals surface area (Å²) >= 11 is 0. The van der Waals surface area contributed by atoms with Gasteiger partial charge in [-0.2, -0.15) is 0 Å². The highest BCUT2D eigenvalue weighted by Crippen LogP contribution is 2.07. The number of nitrogens with one attached hydrogen (secondary N) is 1. The second-order valence-electron chi connectivity index (χ2n) is 4.70. The van der Waals surface area contributed by atoms with Crippen LogP contribution in [-0.2, 0) is 19.5 Å². The SMILES string of the molecule is CCn1ccc(CNCCc2ccccc2C)c1. The van der Waals surface area contributed by atoms with E-state index in [2.05, 4.69) is 66.5 Å². The lowest BCUT2D eigenvalue weighted by molar-refractivity contribution is 0.681. The molecule has 1 aromatic heterocycles. The first kappa shape index (κ1) is 12.9. The molecule has 2 heteroatoms. The lowest BCUT2D eigenvalue weighted by Crippen LogP contribution is -2.16. The van der Waals surface area contributed by atoms with Crippen molar-refractivity contribution in [1.29, 1.82) is 0 Å². The summed E-state index contributed by atoms with van der Waals surface area (Å²) in [5, 5.41) is 3.50. The highest BCUT2D eigenvalue weighted by molar-refractivity contribution is 5.25. The minimum atomic E-state index is 0.957. The first-order chi connectivity index (χ1) is 8.79. The van der Waals surface area contributed by atoms with E-state index in [1.54, 1.807) is 0 Å². The van der Waals surface area contributed by atoms with Gasteiger partial charge >= 0.3 is 0 Å². The molecule has 0 bridgehead atoms. The average molecular weight is 242 g/mol. The summed E-state index contributed by atoms with van der Waals surface area (Å²) in [6.07, 6.45) is 5.44. The fraction of sp³-hybridized carbons (Fsp3) is 0.375. The van der Waals surface area contributed by atoms with Gasteiger partial charge in [0.15, 0.2) is 0 Å². The number of aromatic nitrogens is 1. The minimum absolute atomic E-state index is 0.957. The molecule has 0 saturated carbocycles. The van der Waals surface area contributed by atoms with Crippen molar-refractivity contribution >= 4 is 0 Å². The number of nitrogens with zero attached hydrogens (tertiary/aromatic N) is 1. The van der Waals surface area contributed by atoms with Crippen molar-refractivity contribution in [2.45, 2.75) is 33.4 Å². The fourth-order valence-electron chi connectivity index (χ4n) is 2.14. The molecule has 96 valence electrons. The van der Waals surface area contributed by atoms with Gasteiger partial charge in [0.05, 0.1) is 0 Å². The van der Waals surface area contributed by atoms with Crippen LogP contribution in [0, 0.1) is 6.92 Å². The Hall–Kier alpha value is -1.54. The molecule has 1 heterocycles. The van der Waals surface area contributed by atoms with E-state index in [9.17, 15) is 0 Å². The molecule has 1 aromatic carbocycles. The van der Waals surface area contributed by atoms with E-state index < -0.39 is 0 Å². The quantitative estimate of drug-likeness (QED) is 0.770. The topological polar surface area (TPSA) is 17.0 Å². The van der Waals surface area contributed by atoms with Crippen LogP contribution in [0.4, 0.5) is 0 Å². The summed E-state index contributed by atoms with van der Waals surface area (Å²) in [6.45, 7) is 7.37. The molecule has 2 rings (SSSR count). The molecule has 0 saturated heterocycles. The van der Waals surface area contributed by atoms with E-state index in [4.69, 9.17) is 0 Å². The minimum Gasteiger partial charge on any atom is -0.354 e. The van der Waals surface area contributed by atoms with E-state index in [1.807, 2.05) is 0 Å². The molecule has 18 heavy (non-hydrogen) atoms. The molecule has 1 N–H and O–H groups in total. The van der Waals surface area contributed by atoms with Crippen molar-refractivity contribution < 1.29 is 0 Å². The smallest absolute Gasteiger partial charge is 0.0220 e. The van der Waals surface area contributed by atoms with Gasteiger partial charge in [0.25, 0.3) is 0 Å². The maximum Gasteiger partial charge on any atom is 0.0220 e. The van der Waals surface area contributed by atoms with Crippen LogP contribution in [0.3, 0.4) is 0 Å². The number of aryl methyl sites for hydroxylation is 2. The lowest BCUT2D eigenvalue weighted by atomic mass is 10.1. The largest absolute Gasteiger partial charge is 0.354 e.